The Balaban J connectivity index is 1.32. The van der Waals surface area contributed by atoms with Crippen LogP contribution in [0.5, 0.6) is 0 Å². The van der Waals surface area contributed by atoms with Gasteiger partial charge in [0.1, 0.15) is 12.8 Å². The fourth-order valence-corrected chi connectivity index (χ4v) is 10.2. The Bertz CT molecular complexity index is 1390. The molecule has 46 heavy (non-hydrogen) atoms. The molecule has 4 aliphatic rings. The molecule has 5 unspecified atom stereocenters. The second kappa shape index (κ2) is 14.4. The number of allylic oxidation sites excluding steroid dienone is 1. The molecular formula is C38H55IN7. The Morgan fingerprint density at radius 1 is 0.761 bits per heavy atom. The molecule has 2 aromatic carbocycles. The molecule has 0 spiro atoms. The lowest BCUT2D eigenvalue weighted by atomic mass is 9.64. The van der Waals surface area contributed by atoms with Crippen LogP contribution in [-0.2, 0) is 0 Å². The van der Waals surface area contributed by atoms with Crippen molar-refractivity contribution in [3.63, 3.8) is 0 Å². The van der Waals surface area contributed by atoms with Crippen LogP contribution in [0.2, 0.25) is 0 Å². The van der Waals surface area contributed by atoms with Crippen molar-refractivity contribution >= 4 is 30.4 Å². The van der Waals surface area contributed by atoms with Crippen LogP contribution in [-0.4, -0.2) is 40.0 Å². The number of nitrogen functional groups attached to an aromatic ring is 2. The number of benzene rings is 2. The van der Waals surface area contributed by atoms with Gasteiger partial charge in [0.25, 0.3) is 0 Å². The van der Waals surface area contributed by atoms with E-state index in [1.165, 1.54) is 56.1 Å². The van der Waals surface area contributed by atoms with Gasteiger partial charge in [0.2, 0.25) is 0 Å². The van der Waals surface area contributed by atoms with E-state index in [-0.39, 0.29) is 12.0 Å². The van der Waals surface area contributed by atoms with Gasteiger partial charge in [-0.2, -0.15) is 0 Å². The molecule has 8 heteroatoms. The van der Waals surface area contributed by atoms with Crippen molar-refractivity contribution < 1.29 is 25.7 Å². The zero-order valence-electron chi connectivity index (χ0n) is 27.4. The SMILES string of the molecule is C=NC1CCC(C2CCC(c3ccc(N)cc3)C(N)(NC3CC(C4CCC([N+](=C)[I-])CC4)CC(N)=C3c3ccc(N)cc3)C2)CC1. The van der Waals surface area contributed by atoms with E-state index >= 15 is 0 Å². The third-order valence-corrected chi connectivity index (χ3v) is 13.0. The standard InChI is InChI=1S/C38H55IN7/c1-44-32-16-7-24(8-17-32)28-11-20-34(26-3-12-30(40)13-4-26)38(43,23-28)45-36-22-29(25-9-18-33(19-10-25)46(2)39)21-35(42)37(36)27-5-14-31(41)15-6-27/h3-6,12-15,24-25,28-29,32-34,36,45H,1-2,7-11,16-23,40-43H2. The zero-order chi connectivity index (χ0) is 32.4. The first-order valence-electron chi connectivity index (χ1n) is 17.6. The molecule has 1 radical (unpaired) electrons. The summed E-state index contributed by atoms with van der Waals surface area (Å²) in [6.45, 7) is 8.01. The number of hydrogen-bond acceptors (Lipinski definition) is 6. The summed E-state index contributed by atoms with van der Waals surface area (Å²) in [5.41, 5.74) is 32.8. The van der Waals surface area contributed by atoms with Crippen molar-refractivity contribution in [3.05, 3.63) is 65.4 Å². The Labute approximate surface area is 290 Å². The quantitative estimate of drug-likeness (QED) is 0.0936. The molecule has 3 fully saturated rings. The van der Waals surface area contributed by atoms with E-state index < -0.39 is 5.66 Å². The Morgan fingerprint density at radius 2 is 1.33 bits per heavy atom. The molecule has 0 bridgehead atoms. The first-order valence-corrected chi connectivity index (χ1v) is 18.6. The molecular weight excluding hydrogens is 681 g/mol. The van der Waals surface area contributed by atoms with Gasteiger partial charge in [-0.3, -0.25) is 10.3 Å². The summed E-state index contributed by atoms with van der Waals surface area (Å²) in [5.74, 6) is 2.66. The van der Waals surface area contributed by atoms with E-state index in [2.05, 4.69) is 73.7 Å². The number of aliphatic imine (C=N–C) groups is 1. The summed E-state index contributed by atoms with van der Waals surface area (Å²) in [4.78, 5) is 4.37. The highest BCUT2D eigenvalue weighted by molar-refractivity contribution is 5.74. The molecule has 2 aromatic rings. The van der Waals surface area contributed by atoms with E-state index in [1.54, 1.807) is 0 Å². The number of anilines is 2. The maximum absolute atomic E-state index is 7.77. The number of halogens is 1. The van der Waals surface area contributed by atoms with Gasteiger partial charge < -0.3 is 48.6 Å². The maximum Gasteiger partial charge on any atom is 0.128 e. The van der Waals surface area contributed by atoms with Crippen molar-refractivity contribution in [1.82, 2.24) is 5.32 Å². The van der Waals surface area contributed by atoms with Crippen LogP contribution >= 0.6 is 0 Å². The second-order valence-corrected chi connectivity index (χ2v) is 16.2. The van der Waals surface area contributed by atoms with Gasteiger partial charge in [-0.15, -0.1) is 0 Å². The third-order valence-electron chi connectivity index (χ3n) is 12.2. The average molecular weight is 737 g/mol. The second-order valence-electron chi connectivity index (χ2n) is 15.0. The highest BCUT2D eigenvalue weighted by Gasteiger charge is 2.47. The number of nitrogens with two attached hydrogens (primary N) is 4. The summed E-state index contributed by atoms with van der Waals surface area (Å²) in [7, 11) is 0. The van der Waals surface area contributed by atoms with Crippen molar-refractivity contribution in [2.45, 2.75) is 113 Å². The van der Waals surface area contributed by atoms with Crippen LogP contribution in [0.4, 0.5) is 11.4 Å². The molecule has 7 nitrogen and oxygen atoms in total. The Morgan fingerprint density at radius 3 is 1.93 bits per heavy atom. The topological polar surface area (TPSA) is 131 Å². The van der Waals surface area contributed by atoms with Gasteiger partial charge in [0.05, 0.1) is 5.66 Å². The monoisotopic (exact) mass is 736 g/mol. The molecule has 0 amide bonds. The summed E-state index contributed by atoms with van der Waals surface area (Å²) in [5, 5.41) is 4.21. The van der Waals surface area contributed by atoms with Crippen LogP contribution in [0.25, 0.3) is 5.57 Å². The van der Waals surface area contributed by atoms with Crippen molar-refractivity contribution in [3.8, 4) is 0 Å². The minimum absolute atomic E-state index is 0.0646. The predicted molar refractivity (Wildman–Crippen MR) is 188 cm³/mol. The van der Waals surface area contributed by atoms with Gasteiger partial charge in [-0.05, 0) is 142 Å². The molecule has 0 saturated heterocycles. The Hall–Kier alpha value is -2.43. The summed E-state index contributed by atoms with van der Waals surface area (Å²) in [6.07, 6.45) is 14.8. The lowest BCUT2D eigenvalue weighted by molar-refractivity contribution is -1.07. The molecule has 6 rings (SSSR count). The molecule has 9 N–H and O–H groups in total. The highest BCUT2D eigenvalue weighted by Crippen LogP contribution is 2.49. The third kappa shape index (κ3) is 7.34. The zero-order valence-corrected chi connectivity index (χ0v) is 29.6. The van der Waals surface area contributed by atoms with Crippen LogP contribution in [0, 0.1) is 23.7 Å². The summed E-state index contributed by atoms with van der Waals surface area (Å²) >= 11 is 2.35. The minimum atomic E-state index is -0.578. The number of hydrogen-bond donors (Lipinski definition) is 5. The fraction of sp³-hybridized carbons (Fsp3) is 0.579. The minimum Gasteiger partial charge on any atom is -0.402 e. The van der Waals surface area contributed by atoms with Crippen LogP contribution in [0.1, 0.15) is 101 Å². The smallest absolute Gasteiger partial charge is 0.128 e. The molecule has 0 aromatic heterocycles. The lowest BCUT2D eigenvalue weighted by Crippen LogP contribution is -3.39. The lowest BCUT2D eigenvalue weighted by Gasteiger charge is -2.51. The number of nitrogens with zero attached hydrogens (tertiary/aromatic N) is 2. The molecule has 5 atom stereocenters. The van der Waals surface area contributed by atoms with Gasteiger partial charge >= 0.3 is 0 Å². The van der Waals surface area contributed by atoms with Gasteiger partial charge in [-0.1, -0.05) is 24.3 Å². The molecule has 3 saturated carbocycles. The summed E-state index contributed by atoms with van der Waals surface area (Å²) < 4.78 is 2.13. The molecule has 0 aliphatic heterocycles. The number of rotatable bonds is 8. The normalized spacial score (nSPS) is 35.4. The van der Waals surface area contributed by atoms with Crippen molar-refractivity contribution in [2.75, 3.05) is 11.5 Å². The first kappa shape index (κ1) is 33.5. The summed E-state index contributed by atoms with van der Waals surface area (Å²) in [6, 6.07) is 17.7. The molecule has 4 aliphatic carbocycles. The van der Waals surface area contributed by atoms with Gasteiger partial charge in [0.15, 0.2) is 0 Å². The van der Waals surface area contributed by atoms with E-state index in [0.717, 1.165) is 61.2 Å². The van der Waals surface area contributed by atoms with Crippen LogP contribution in [0.3, 0.4) is 0 Å². The van der Waals surface area contributed by atoms with Gasteiger partial charge in [-0.25, -0.2) is 0 Å². The van der Waals surface area contributed by atoms with Crippen LogP contribution < -0.4 is 51.1 Å². The van der Waals surface area contributed by atoms with Crippen LogP contribution in [0.15, 0.2) is 59.2 Å². The van der Waals surface area contributed by atoms with E-state index in [9.17, 15) is 0 Å². The number of nitrogens with one attached hydrogen (secondary N) is 1. The highest BCUT2D eigenvalue weighted by atomic mass is 127. The van der Waals surface area contributed by atoms with E-state index in [0.29, 0.717) is 35.8 Å². The molecule has 0 heterocycles. The maximum atomic E-state index is 7.77. The van der Waals surface area contributed by atoms with Gasteiger partial charge in [0, 0.05) is 47.9 Å². The van der Waals surface area contributed by atoms with E-state index in [4.69, 9.17) is 22.9 Å². The Kier molecular flexibility index (Phi) is 10.4. The largest absolute Gasteiger partial charge is 0.402 e. The predicted octanol–water partition coefficient (Wildman–Crippen LogP) is 3.13. The molecule has 249 valence electrons. The van der Waals surface area contributed by atoms with E-state index in [1.807, 2.05) is 24.3 Å². The fourth-order valence-electron chi connectivity index (χ4n) is 9.66. The van der Waals surface area contributed by atoms with Crippen molar-refractivity contribution in [2.24, 2.45) is 40.1 Å². The average Bonchev–Trinajstić information content (AvgIpc) is 3.05. The van der Waals surface area contributed by atoms with Crippen molar-refractivity contribution in [1.29, 1.82) is 0 Å². The first-order chi connectivity index (χ1) is 22.1.